The van der Waals surface area contributed by atoms with Crippen LogP contribution in [0, 0.1) is 0 Å². The minimum atomic E-state index is -0.824. The smallest absolute Gasteiger partial charge is 0.309 e. The van der Waals surface area contributed by atoms with Crippen molar-refractivity contribution in [1.82, 2.24) is 0 Å². The molecule has 0 aliphatic rings. The largest absolute Gasteiger partial charge is 0.462 e. The van der Waals surface area contributed by atoms with Crippen molar-refractivity contribution in [1.29, 1.82) is 0 Å². The van der Waals surface area contributed by atoms with Gasteiger partial charge in [-0.25, -0.2) is 0 Å². The molecular weight excluding hydrogens is 889 g/mol. The van der Waals surface area contributed by atoms with Crippen molar-refractivity contribution in [3.8, 4) is 0 Å². The van der Waals surface area contributed by atoms with Crippen molar-refractivity contribution in [2.24, 2.45) is 0 Å². The van der Waals surface area contributed by atoms with Crippen LogP contribution in [-0.2, 0) is 28.6 Å². The second-order valence-electron chi connectivity index (χ2n) is 19.9. The lowest BCUT2D eigenvalue weighted by Gasteiger charge is -2.18. The number of hydrogen-bond acceptors (Lipinski definition) is 6. The highest BCUT2D eigenvalue weighted by Crippen LogP contribution is 2.15. The summed E-state index contributed by atoms with van der Waals surface area (Å²) in [6.45, 7) is 6.43. The molecule has 0 aromatic heterocycles. The number of carbonyl (C=O) groups excluding carboxylic acids is 3. The van der Waals surface area contributed by atoms with Crippen molar-refractivity contribution in [2.45, 2.75) is 290 Å². The normalized spacial score (nSPS) is 12.8. The van der Waals surface area contributed by atoms with Crippen molar-refractivity contribution < 1.29 is 28.6 Å². The van der Waals surface area contributed by atoms with Gasteiger partial charge in [0, 0.05) is 12.8 Å². The summed E-state index contributed by atoms with van der Waals surface area (Å²) in [5, 5.41) is 0. The zero-order chi connectivity index (χ0) is 52.2. The monoisotopic (exact) mass is 1000 g/mol. The first kappa shape index (κ1) is 68.3. The van der Waals surface area contributed by atoms with Gasteiger partial charge in [-0.1, -0.05) is 259 Å². The molecule has 6 nitrogen and oxygen atoms in total. The number of esters is 3. The van der Waals surface area contributed by atoms with E-state index < -0.39 is 12.1 Å². The Kier molecular flexibility index (Phi) is 56.8. The van der Waals surface area contributed by atoms with Gasteiger partial charge in [0.05, 0.1) is 6.42 Å². The minimum absolute atomic E-state index is 0.112. The van der Waals surface area contributed by atoms with Gasteiger partial charge >= 0.3 is 17.9 Å². The fourth-order valence-electron chi connectivity index (χ4n) is 8.31. The van der Waals surface area contributed by atoms with Gasteiger partial charge in [-0.2, -0.15) is 0 Å². The van der Waals surface area contributed by atoms with Crippen LogP contribution >= 0.6 is 0 Å². The lowest BCUT2D eigenvalue weighted by molar-refractivity contribution is -0.166. The van der Waals surface area contributed by atoms with Crippen LogP contribution in [0.2, 0.25) is 0 Å². The Labute approximate surface area is 445 Å². The zero-order valence-corrected chi connectivity index (χ0v) is 47.2. The number of rotatable bonds is 54. The molecule has 0 aliphatic carbocycles. The van der Waals surface area contributed by atoms with Gasteiger partial charge in [0.2, 0.25) is 0 Å². The standard InChI is InChI=1S/C66H112O6/c1-4-7-10-13-16-19-22-25-28-30-32-33-34-36-38-41-44-47-50-53-56-59-65(68)71-62-63(61-70-64(67)58-55-52-49-46-43-40-37-27-24-21-18-15-12-9-6-3)72-66(69)60-57-54-51-48-45-42-39-35-31-29-26-23-20-17-14-11-8-5-2/h9,12,18,20-21,23,27,29-32,37,43,46,52,55,63H,4-8,10-11,13-17,19,22,24-26,28,33-36,38-42,44-45,47-51,53-54,56-62H2,1-3H3/b12-9-,21-18-,23-20-,31-29-,32-30-,37-27-,46-43-,55-52-. The summed E-state index contributed by atoms with van der Waals surface area (Å²) in [4.78, 5) is 38.2. The van der Waals surface area contributed by atoms with Crippen molar-refractivity contribution in [2.75, 3.05) is 13.2 Å². The van der Waals surface area contributed by atoms with Gasteiger partial charge in [0.1, 0.15) is 13.2 Å². The van der Waals surface area contributed by atoms with E-state index in [0.29, 0.717) is 12.8 Å². The third-order valence-corrected chi connectivity index (χ3v) is 12.8. The summed E-state index contributed by atoms with van der Waals surface area (Å²) in [5.74, 6) is -1.05. The summed E-state index contributed by atoms with van der Waals surface area (Å²) in [5.41, 5.74) is 0. The fraction of sp³-hybridized carbons (Fsp3) is 0.712. The predicted octanol–water partition coefficient (Wildman–Crippen LogP) is 20.5. The molecule has 0 saturated carbocycles. The molecule has 412 valence electrons. The molecule has 0 spiro atoms. The highest BCUT2D eigenvalue weighted by atomic mass is 16.6. The summed E-state index contributed by atoms with van der Waals surface area (Å²) in [6.07, 6.45) is 80.0. The molecule has 0 aromatic rings. The molecule has 0 heterocycles. The Hall–Kier alpha value is -3.67. The molecule has 0 rings (SSSR count). The molecule has 0 aliphatic heterocycles. The molecule has 6 heteroatoms. The van der Waals surface area contributed by atoms with E-state index in [9.17, 15) is 14.4 Å². The van der Waals surface area contributed by atoms with Crippen LogP contribution in [0.5, 0.6) is 0 Å². The molecule has 0 amide bonds. The first-order chi connectivity index (χ1) is 35.5. The highest BCUT2D eigenvalue weighted by molar-refractivity contribution is 5.72. The Balaban J connectivity index is 4.46. The van der Waals surface area contributed by atoms with Crippen molar-refractivity contribution >= 4 is 17.9 Å². The van der Waals surface area contributed by atoms with Crippen LogP contribution < -0.4 is 0 Å². The second-order valence-corrected chi connectivity index (χ2v) is 19.9. The molecule has 1 unspecified atom stereocenters. The number of allylic oxidation sites excluding steroid dienone is 15. The van der Waals surface area contributed by atoms with E-state index in [4.69, 9.17) is 14.2 Å². The molecule has 0 bridgehead atoms. The van der Waals surface area contributed by atoms with Crippen LogP contribution in [0.15, 0.2) is 97.2 Å². The second kappa shape index (κ2) is 59.9. The molecule has 0 radical (unpaired) electrons. The Morgan fingerprint density at radius 1 is 0.306 bits per heavy atom. The maximum Gasteiger partial charge on any atom is 0.309 e. The van der Waals surface area contributed by atoms with Gasteiger partial charge in [-0.05, 0) is 103 Å². The van der Waals surface area contributed by atoms with E-state index in [1.165, 1.54) is 161 Å². The van der Waals surface area contributed by atoms with Crippen LogP contribution in [0.25, 0.3) is 0 Å². The predicted molar refractivity (Wildman–Crippen MR) is 311 cm³/mol. The number of unbranched alkanes of at least 4 members (excludes halogenated alkanes) is 28. The average Bonchev–Trinajstić information content (AvgIpc) is 3.38. The highest BCUT2D eigenvalue weighted by Gasteiger charge is 2.19. The Morgan fingerprint density at radius 2 is 0.597 bits per heavy atom. The summed E-state index contributed by atoms with van der Waals surface area (Å²) < 4.78 is 16.8. The molecule has 0 aromatic carbocycles. The minimum Gasteiger partial charge on any atom is -0.462 e. The van der Waals surface area contributed by atoms with Crippen LogP contribution in [0.1, 0.15) is 284 Å². The van der Waals surface area contributed by atoms with Crippen LogP contribution in [0.4, 0.5) is 0 Å². The molecule has 1 atom stereocenters. The van der Waals surface area contributed by atoms with E-state index in [2.05, 4.69) is 106 Å². The van der Waals surface area contributed by atoms with Crippen molar-refractivity contribution in [3.05, 3.63) is 97.2 Å². The Bertz CT molecular complexity index is 1430. The fourth-order valence-corrected chi connectivity index (χ4v) is 8.31. The number of hydrogen-bond donors (Lipinski definition) is 0. The van der Waals surface area contributed by atoms with E-state index in [0.717, 1.165) is 83.5 Å². The van der Waals surface area contributed by atoms with Gasteiger partial charge in [0.15, 0.2) is 6.10 Å². The van der Waals surface area contributed by atoms with Crippen LogP contribution in [0.3, 0.4) is 0 Å². The summed E-state index contributed by atoms with van der Waals surface area (Å²) >= 11 is 0. The van der Waals surface area contributed by atoms with E-state index in [1.807, 2.05) is 6.08 Å². The average molecular weight is 1000 g/mol. The molecule has 0 N–H and O–H groups in total. The topological polar surface area (TPSA) is 78.9 Å². The van der Waals surface area contributed by atoms with Gasteiger partial charge in [-0.3, -0.25) is 14.4 Å². The SMILES string of the molecule is CC/C=C\C/C=C\C/C=C\C/C=C\C/C=C\CC(=O)OCC(COC(=O)CCCCCCCCCCC/C=C\CCCCCCCCCC)OC(=O)CCCCCCCCC/C=C\C/C=C\CCCCCC. The Morgan fingerprint density at radius 3 is 1.00 bits per heavy atom. The van der Waals surface area contributed by atoms with E-state index >= 15 is 0 Å². The number of carbonyl (C=O) groups is 3. The van der Waals surface area contributed by atoms with Crippen LogP contribution in [-0.4, -0.2) is 37.2 Å². The first-order valence-electron chi connectivity index (χ1n) is 30.2. The third-order valence-electron chi connectivity index (χ3n) is 12.8. The lowest BCUT2D eigenvalue weighted by atomic mass is 10.1. The quantitative estimate of drug-likeness (QED) is 0.0261. The molecular formula is C66H112O6. The van der Waals surface area contributed by atoms with Crippen molar-refractivity contribution in [3.63, 3.8) is 0 Å². The van der Waals surface area contributed by atoms with Gasteiger partial charge < -0.3 is 14.2 Å². The maximum absolute atomic E-state index is 12.9. The third kappa shape index (κ3) is 57.2. The maximum atomic E-state index is 12.9. The first-order valence-corrected chi connectivity index (χ1v) is 30.2. The van der Waals surface area contributed by atoms with Gasteiger partial charge in [-0.15, -0.1) is 0 Å². The van der Waals surface area contributed by atoms with E-state index in [-0.39, 0.29) is 31.6 Å². The summed E-state index contributed by atoms with van der Waals surface area (Å²) in [6, 6.07) is 0. The zero-order valence-electron chi connectivity index (χ0n) is 47.2. The van der Waals surface area contributed by atoms with E-state index in [1.54, 1.807) is 6.08 Å². The van der Waals surface area contributed by atoms with Gasteiger partial charge in [0.25, 0.3) is 0 Å². The number of ether oxygens (including phenoxy) is 3. The molecule has 0 fully saturated rings. The summed E-state index contributed by atoms with van der Waals surface area (Å²) in [7, 11) is 0. The lowest BCUT2D eigenvalue weighted by Crippen LogP contribution is -2.30. The molecule has 0 saturated heterocycles. The molecule has 72 heavy (non-hydrogen) atoms.